The van der Waals surface area contributed by atoms with Crippen LogP contribution < -0.4 is 5.32 Å². The number of hydrogen-bond acceptors (Lipinski definition) is 1. The van der Waals surface area contributed by atoms with E-state index < -0.39 is 0 Å². The fraction of sp³-hybridized carbons (Fsp3) is 0.571. The van der Waals surface area contributed by atoms with Crippen molar-refractivity contribution in [3.8, 4) is 0 Å². The van der Waals surface area contributed by atoms with Crippen LogP contribution in [0.2, 0.25) is 5.02 Å². The van der Waals surface area contributed by atoms with Gasteiger partial charge >= 0.3 is 0 Å². The van der Waals surface area contributed by atoms with Crippen molar-refractivity contribution in [2.24, 2.45) is 5.41 Å². The van der Waals surface area contributed by atoms with Crippen LogP contribution in [-0.4, -0.2) is 12.6 Å². The molecule has 96 valence electrons. The van der Waals surface area contributed by atoms with Crippen LogP contribution in [0.1, 0.15) is 33.3 Å². The summed E-state index contributed by atoms with van der Waals surface area (Å²) in [6.07, 6.45) is 0.767. The van der Waals surface area contributed by atoms with E-state index in [1.165, 1.54) is 6.07 Å². The molecule has 0 saturated carbocycles. The molecule has 1 N–H and O–H groups in total. The monoisotopic (exact) mass is 257 g/mol. The van der Waals surface area contributed by atoms with E-state index in [4.69, 9.17) is 11.6 Å². The molecule has 3 heteroatoms. The number of nitrogens with one attached hydrogen (secondary N) is 1. The molecule has 1 rings (SSSR count). The van der Waals surface area contributed by atoms with Crippen LogP contribution in [0.25, 0.3) is 0 Å². The van der Waals surface area contributed by atoms with E-state index in [0.29, 0.717) is 6.04 Å². The Balaban J connectivity index is 2.72. The van der Waals surface area contributed by atoms with Crippen LogP contribution in [-0.2, 0) is 6.42 Å². The first-order valence-corrected chi connectivity index (χ1v) is 6.36. The van der Waals surface area contributed by atoms with Gasteiger partial charge in [0.05, 0.1) is 5.02 Å². The Labute approximate surface area is 108 Å². The maximum atomic E-state index is 13.3. The second-order valence-corrected chi connectivity index (χ2v) is 5.97. The SMILES string of the molecule is CC(C)NCC(C)(C)Cc1cccc(F)c1Cl. The van der Waals surface area contributed by atoms with Gasteiger partial charge in [-0.05, 0) is 23.5 Å². The van der Waals surface area contributed by atoms with Gasteiger partial charge in [0.1, 0.15) is 5.82 Å². The molecule has 0 heterocycles. The average molecular weight is 258 g/mol. The standard InChI is InChI=1S/C14H21ClFN/c1-10(2)17-9-14(3,4)8-11-6-5-7-12(16)13(11)15/h5-7,10,17H,8-9H2,1-4H3. The quantitative estimate of drug-likeness (QED) is 0.839. The van der Waals surface area contributed by atoms with Crippen LogP contribution in [0.5, 0.6) is 0 Å². The molecule has 1 aromatic rings. The molecule has 0 amide bonds. The molecule has 1 aromatic carbocycles. The van der Waals surface area contributed by atoms with Crippen molar-refractivity contribution < 1.29 is 4.39 Å². The molecule has 0 saturated heterocycles. The first kappa shape index (κ1) is 14.5. The van der Waals surface area contributed by atoms with E-state index in [1.54, 1.807) is 6.07 Å². The van der Waals surface area contributed by atoms with E-state index >= 15 is 0 Å². The summed E-state index contributed by atoms with van der Waals surface area (Å²) >= 11 is 5.97. The lowest BCUT2D eigenvalue weighted by Crippen LogP contribution is -2.35. The van der Waals surface area contributed by atoms with E-state index in [1.807, 2.05) is 6.07 Å². The Morgan fingerprint density at radius 3 is 2.59 bits per heavy atom. The second-order valence-electron chi connectivity index (χ2n) is 5.59. The lowest BCUT2D eigenvalue weighted by atomic mass is 9.85. The molecule has 0 radical (unpaired) electrons. The smallest absolute Gasteiger partial charge is 0.142 e. The average Bonchev–Trinajstić information content (AvgIpc) is 2.22. The van der Waals surface area contributed by atoms with Crippen molar-refractivity contribution in [2.45, 2.75) is 40.2 Å². The zero-order valence-electron chi connectivity index (χ0n) is 11.0. The summed E-state index contributed by atoms with van der Waals surface area (Å²) in [5.74, 6) is -0.336. The maximum Gasteiger partial charge on any atom is 0.142 e. The maximum absolute atomic E-state index is 13.3. The fourth-order valence-electron chi connectivity index (χ4n) is 1.74. The third-order valence-corrected chi connectivity index (χ3v) is 3.11. The molecule has 0 unspecified atom stereocenters. The second kappa shape index (κ2) is 5.83. The Hall–Kier alpha value is -0.600. The highest BCUT2D eigenvalue weighted by Gasteiger charge is 2.20. The molecule has 17 heavy (non-hydrogen) atoms. The molecule has 1 nitrogen and oxygen atoms in total. The minimum atomic E-state index is -0.336. The minimum absolute atomic E-state index is 0.0572. The normalized spacial score (nSPS) is 12.2. The zero-order chi connectivity index (χ0) is 13.1. The van der Waals surface area contributed by atoms with Crippen molar-refractivity contribution >= 4 is 11.6 Å². The highest BCUT2D eigenvalue weighted by atomic mass is 35.5. The predicted octanol–water partition coefficient (Wildman–Crippen LogP) is 4.05. The molecule has 0 aromatic heterocycles. The largest absolute Gasteiger partial charge is 0.314 e. The van der Waals surface area contributed by atoms with Gasteiger partial charge in [-0.2, -0.15) is 0 Å². The Morgan fingerprint density at radius 2 is 2.00 bits per heavy atom. The van der Waals surface area contributed by atoms with Crippen LogP contribution in [0.3, 0.4) is 0 Å². The van der Waals surface area contributed by atoms with Crippen molar-refractivity contribution in [1.82, 2.24) is 5.32 Å². The molecule has 0 aliphatic rings. The van der Waals surface area contributed by atoms with E-state index in [2.05, 4.69) is 33.0 Å². The summed E-state index contributed by atoms with van der Waals surface area (Å²) in [6, 6.07) is 5.45. The first-order chi connectivity index (χ1) is 7.82. The van der Waals surface area contributed by atoms with Crippen LogP contribution in [0, 0.1) is 11.2 Å². The number of halogens is 2. The summed E-state index contributed by atoms with van der Waals surface area (Å²) in [5.41, 5.74) is 0.934. The van der Waals surface area contributed by atoms with Gasteiger partial charge in [0.2, 0.25) is 0 Å². The zero-order valence-corrected chi connectivity index (χ0v) is 11.7. The molecule has 0 aliphatic carbocycles. The Morgan fingerprint density at radius 1 is 1.35 bits per heavy atom. The molecule has 0 bridgehead atoms. The molecule has 0 atom stereocenters. The Kier molecular flexibility index (Phi) is 4.96. The minimum Gasteiger partial charge on any atom is -0.314 e. The molecular weight excluding hydrogens is 237 g/mol. The van der Waals surface area contributed by atoms with Crippen molar-refractivity contribution in [3.63, 3.8) is 0 Å². The Bertz CT molecular complexity index is 374. The number of hydrogen-bond donors (Lipinski definition) is 1. The molecule has 0 spiro atoms. The molecule has 0 aliphatic heterocycles. The fourth-order valence-corrected chi connectivity index (χ4v) is 1.94. The van der Waals surface area contributed by atoms with Gasteiger partial charge in [-0.15, -0.1) is 0 Å². The summed E-state index contributed by atoms with van der Waals surface area (Å²) in [6.45, 7) is 9.43. The molecule has 0 fully saturated rings. The van der Waals surface area contributed by atoms with Crippen LogP contribution >= 0.6 is 11.6 Å². The van der Waals surface area contributed by atoms with Crippen molar-refractivity contribution in [3.05, 3.63) is 34.6 Å². The summed E-state index contributed by atoms with van der Waals surface area (Å²) < 4.78 is 13.3. The number of rotatable bonds is 5. The van der Waals surface area contributed by atoms with Crippen LogP contribution in [0.15, 0.2) is 18.2 Å². The first-order valence-electron chi connectivity index (χ1n) is 5.98. The van der Waals surface area contributed by atoms with E-state index in [-0.39, 0.29) is 16.3 Å². The highest BCUT2D eigenvalue weighted by Crippen LogP contribution is 2.27. The summed E-state index contributed by atoms with van der Waals surface area (Å²) in [4.78, 5) is 0. The van der Waals surface area contributed by atoms with Gasteiger partial charge in [-0.3, -0.25) is 0 Å². The lowest BCUT2D eigenvalue weighted by Gasteiger charge is -2.27. The molecular formula is C14H21ClFN. The lowest BCUT2D eigenvalue weighted by molar-refractivity contribution is 0.325. The van der Waals surface area contributed by atoms with E-state index in [0.717, 1.165) is 18.5 Å². The van der Waals surface area contributed by atoms with Gasteiger partial charge in [-0.1, -0.05) is 51.4 Å². The van der Waals surface area contributed by atoms with Crippen LogP contribution in [0.4, 0.5) is 4.39 Å². The van der Waals surface area contributed by atoms with Gasteiger partial charge in [-0.25, -0.2) is 4.39 Å². The third-order valence-electron chi connectivity index (χ3n) is 2.69. The van der Waals surface area contributed by atoms with Gasteiger partial charge in [0, 0.05) is 12.6 Å². The van der Waals surface area contributed by atoms with Gasteiger partial charge < -0.3 is 5.32 Å². The topological polar surface area (TPSA) is 12.0 Å². The summed E-state index contributed by atoms with van der Waals surface area (Å²) in [5, 5.41) is 3.66. The third kappa shape index (κ3) is 4.64. The predicted molar refractivity (Wildman–Crippen MR) is 72.0 cm³/mol. The van der Waals surface area contributed by atoms with Gasteiger partial charge in [0.15, 0.2) is 0 Å². The van der Waals surface area contributed by atoms with Crippen molar-refractivity contribution in [1.29, 1.82) is 0 Å². The van der Waals surface area contributed by atoms with Crippen molar-refractivity contribution in [2.75, 3.05) is 6.54 Å². The highest BCUT2D eigenvalue weighted by molar-refractivity contribution is 6.31. The number of benzene rings is 1. The van der Waals surface area contributed by atoms with E-state index in [9.17, 15) is 4.39 Å². The van der Waals surface area contributed by atoms with Gasteiger partial charge in [0.25, 0.3) is 0 Å². The summed E-state index contributed by atoms with van der Waals surface area (Å²) in [7, 11) is 0.